The number of rotatable bonds is 6. The SMILES string of the molecule is c1ccc(-c2ccc(-c3ccc4oc5cccc(-c6nc(-c7ccccc7)nc(-c7ccc(-c8cccc9c8oc8ccccc89)cc7)n6)c5c4c3)cc2)cc1. The van der Waals surface area contributed by atoms with Gasteiger partial charge in [0.2, 0.25) is 0 Å². The molecule has 5 heteroatoms. The molecule has 0 bridgehead atoms. The second-order valence-electron chi connectivity index (χ2n) is 14.0. The largest absolute Gasteiger partial charge is 0.456 e. The van der Waals surface area contributed by atoms with Crippen LogP contribution in [0.25, 0.3) is 111 Å². The van der Waals surface area contributed by atoms with Crippen LogP contribution in [0.2, 0.25) is 0 Å². The van der Waals surface area contributed by atoms with Gasteiger partial charge in [-0.05, 0) is 52.1 Å². The Kier molecular flexibility index (Phi) is 7.42. The molecule has 0 amide bonds. The Bertz CT molecular complexity index is 3220. The third-order valence-corrected chi connectivity index (χ3v) is 10.6. The summed E-state index contributed by atoms with van der Waals surface area (Å²) in [6.07, 6.45) is 0. The van der Waals surface area contributed by atoms with Crippen LogP contribution in [0.4, 0.5) is 0 Å². The molecule has 0 aliphatic rings. The fourth-order valence-electron chi connectivity index (χ4n) is 7.79. The van der Waals surface area contributed by atoms with E-state index in [9.17, 15) is 0 Å². The summed E-state index contributed by atoms with van der Waals surface area (Å²) in [4.78, 5) is 15.3. The van der Waals surface area contributed by atoms with E-state index in [1.165, 1.54) is 11.1 Å². The van der Waals surface area contributed by atoms with Crippen LogP contribution in [0.15, 0.2) is 197 Å². The molecule has 5 nitrogen and oxygen atoms in total. The fraction of sp³-hybridized carbons (Fsp3) is 0. The van der Waals surface area contributed by atoms with Crippen LogP contribution in [-0.4, -0.2) is 15.0 Å². The molecule has 11 rings (SSSR count). The minimum atomic E-state index is 0.580. The van der Waals surface area contributed by atoms with Crippen LogP contribution >= 0.6 is 0 Å². The molecule has 262 valence electrons. The summed E-state index contributed by atoms with van der Waals surface area (Å²) < 4.78 is 12.8. The van der Waals surface area contributed by atoms with Crippen molar-refractivity contribution in [2.75, 3.05) is 0 Å². The minimum Gasteiger partial charge on any atom is -0.456 e. The smallest absolute Gasteiger partial charge is 0.164 e. The van der Waals surface area contributed by atoms with Gasteiger partial charge < -0.3 is 8.83 Å². The Balaban J connectivity index is 1.02. The number of fused-ring (bicyclic) bond motifs is 6. The zero-order chi connectivity index (χ0) is 37.0. The number of aromatic nitrogens is 3. The van der Waals surface area contributed by atoms with Crippen molar-refractivity contribution in [2.45, 2.75) is 0 Å². The number of benzene rings is 8. The molecule has 11 aromatic rings. The maximum Gasteiger partial charge on any atom is 0.164 e. The standard InChI is InChI=1S/C51H31N3O2/c1-3-11-32(12-4-1)33-21-23-34(24-22-33)38-29-30-45-43(31-38)47-42(18-10-20-46(47)55-45)51-53-49(36-13-5-2-6-14-36)52-50(54-51)37-27-25-35(26-28-37)39-16-9-17-41-40-15-7-8-19-44(40)56-48(39)41/h1-31H. The van der Waals surface area contributed by atoms with E-state index in [-0.39, 0.29) is 0 Å². The maximum absolute atomic E-state index is 6.44. The maximum atomic E-state index is 6.44. The summed E-state index contributed by atoms with van der Waals surface area (Å²) in [5.74, 6) is 1.77. The van der Waals surface area contributed by atoms with Crippen molar-refractivity contribution >= 4 is 43.9 Å². The predicted octanol–water partition coefficient (Wildman–Crippen LogP) is 13.7. The quantitative estimate of drug-likeness (QED) is 0.171. The molecule has 0 saturated carbocycles. The lowest BCUT2D eigenvalue weighted by atomic mass is 9.98. The van der Waals surface area contributed by atoms with Gasteiger partial charge in [0.05, 0.1) is 0 Å². The molecule has 0 spiro atoms. The van der Waals surface area contributed by atoms with Crippen molar-refractivity contribution in [2.24, 2.45) is 0 Å². The third kappa shape index (κ3) is 5.45. The topological polar surface area (TPSA) is 65.0 Å². The highest BCUT2D eigenvalue weighted by Crippen LogP contribution is 2.40. The van der Waals surface area contributed by atoms with Crippen LogP contribution < -0.4 is 0 Å². The van der Waals surface area contributed by atoms with E-state index in [0.717, 1.165) is 82.8 Å². The molecule has 0 saturated heterocycles. The van der Waals surface area contributed by atoms with E-state index in [1.807, 2.05) is 66.7 Å². The highest BCUT2D eigenvalue weighted by Gasteiger charge is 2.19. The van der Waals surface area contributed by atoms with Gasteiger partial charge in [0.15, 0.2) is 17.5 Å². The molecule has 0 N–H and O–H groups in total. The Morgan fingerprint density at radius 1 is 0.286 bits per heavy atom. The average Bonchev–Trinajstić information content (AvgIpc) is 3.85. The van der Waals surface area contributed by atoms with Gasteiger partial charge in [-0.2, -0.15) is 0 Å². The lowest BCUT2D eigenvalue weighted by Gasteiger charge is -2.10. The molecular formula is C51H31N3O2. The van der Waals surface area contributed by atoms with E-state index in [0.29, 0.717) is 17.5 Å². The van der Waals surface area contributed by atoms with Crippen LogP contribution in [0.5, 0.6) is 0 Å². The summed E-state index contributed by atoms with van der Waals surface area (Å²) in [7, 11) is 0. The Morgan fingerprint density at radius 3 is 1.55 bits per heavy atom. The van der Waals surface area contributed by atoms with E-state index in [1.54, 1.807) is 0 Å². The van der Waals surface area contributed by atoms with Gasteiger partial charge in [-0.3, -0.25) is 0 Å². The van der Waals surface area contributed by atoms with Crippen molar-refractivity contribution in [1.29, 1.82) is 0 Å². The second-order valence-corrected chi connectivity index (χ2v) is 14.0. The lowest BCUT2D eigenvalue weighted by molar-refractivity contribution is 0.669. The van der Waals surface area contributed by atoms with Crippen molar-refractivity contribution in [3.63, 3.8) is 0 Å². The first-order valence-corrected chi connectivity index (χ1v) is 18.7. The fourth-order valence-corrected chi connectivity index (χ4v) is 7.79. The van der Waals surface area contributed by atoms with Gasteiger partial charge in [0.1, 0.15) is 22.3 Å². The summed E-state index contributed by atoms with van der Waals surface area (Å²) >= 11 is 0. The number of nitrogens with zero attached hydrogens (tertiary/aromatic N) is 3. The number of hydrogen-bond acceptors (Lipinski definition) is 5. The molecule has 56 heavy (non-hydrogen) atoms. The third-order valence-electron chi connectivity index (χ3n) is 10.6. The summed E-state index contributed by atoms with van der Waals surface area (Å²) in [5.41, 5.74) is 12.7. The number of furan rings is 2. The molecule has 0 fully saturated rings. The highest BCUT2D eigenvalue weighted by atomic mass is 16.3. The molecule has 0 aliphatic heterocycles. The summed E-state index contributed by atoms with van der Waals surface area (Å²) in [6.45, 7) is 0. The Hall–Kier alpha value is -7.63. The number of para-hydroxylation sites is 2. The monoisotopic (exact) mass is 717 g/mol. The van der Waals surface area contributed by atoms with Gasteiger partial charge in [0, 0.05) is 43.8 Å². The van der Waals surface area contributed by atoms with E-state index < -0.39 is 0 Å². The lowest BCUT2D eigenvalue weighted by Crippen LogP contribution is -2.00. The van der Waals surface area contributed by atoms with E-state index >= 15 is 0 Å². The van der Waals surface area contributed by atoms with E-state index in [2.05, 4.69) is 121 Å². The molecule has 0 atom stereocenters. The minimum absolute atomic E-state index is 0.580. The van der Waals surface area contributed by atoms with Crippen molar-refractivity contribution in [3.8, 4) is 67.5 Å². The van der Waals surface area contributed by atoms with Gasteiger partial charge in [-0.25, -0.2) is 15.0 Å². The van der Waals surface area contributed by atoms with Crippen LogP contribution in [-0.2, 0) is 0 Å². The molecule has 0 radical (unpaired) electrons. The van der Waals surface area contributed by atoms with Gasteiger partial charge in [0.25, 0.3) is 0 Å². The summed E-state index contributed by atoms with van der Waals surface area (Å²) in [5, 5.41) is 4.19. The first kappa shape index (κ1) is 31.9. The molecule has 3 heterocycles. The van der Waals surface area contributed by atoms with Crippen LogP contribution in [0.1, 0.15) is 0 Å². The zero-order valence-corrected chi connectivity index (χ0v) is 30.1. The van der Waals surface area contributed by atoms with Crippen molar-refractivity contribution in [1.82, 2.24) is 15.0 Å². The van der Waals surface area contributed by atoms with Crippen molar-refractivity contribution in [3.05, 3.63) is 188 Å². The van der Waals surface area contributed by atoms with Gasteiger partial charge in [-0.1, -0.05) is 164 Å². The normalized spacial score (nSPS) is 11.6. The first-order chi connectivity index (χ1) is 27.7. The highest BCUT2D eigenvalue weighted by molar-refractivity contribution is 6.13. The van der Waals surface area contributed by atoms with Gasteiger partial charge >= 0.3 is 0 Å². The molecule has 3 aromatic heterocycles. The predicted molar refractivity (Wildman–Crippen MR) is 227 cm³/mol. The van der Waals surface area contributed by atoms with E-state index in [4.69, 9.17) is 23.8 Å². The summed E-state index contributed by atoms with van der Waals surface area (Å²) in [6, 6.07) is 64.6. The van der Waals surface area contributed by atoms with Crippen molar-refractivity contribution < 1.29 is 8.83 Å². The second kappa shape index (κ2) is 13.0. The zero-order valence-electron chi connectivity index (χ0n) is 30.1. The van der Waals surface area contributed by atoms with Crippen LogP contribution in [0, 0.1) is 0 Å². The Morgan fingerprint density at radius 2 is 0.786 bits per heavy atom. The number of hydrogen-bond donors (Lipinski definition) is 0. The van der Waals surface area contributed by atoms with Crippen LogP contribution in [0.3, 0.4) is 0 Å². The Labute approximate surface area is 322 Å². The average molecular weight is 718 g/mol. The molecule has 0 unspecified atom stereocenters. The molecule has 0 aliphatic carbocycles. The first-order valence-electron chi connectivity index (χ1n) is 18.7. The molecular weight excluding hydrogens is 687 g/mol. The van der Waals surface area contributed by atoms with Gasteiger partial charge in [-0.15, -0.1) is 0 Å². The molecule has 8 aromatic carbocycles.